The third-order valence-electron chi connectivity index (χ3n) is 6.07. The Hall–Kier alpha value is -3.58. The number of carbonyl (C=O) groups is 2. The van der Waals surface area contributed by atoms with Crippen LogP contribution in [0.4, 0.5) is 5.69 Å². The maximum absolute atomic E-state index is 13.5. The Labute approximate surface area is 173 Å². The molecule has 2 amide bonds. The van der Waals surface area contributed by atoms with E-state index in [0.717, 1.165) is 16.8 Å². The van der Waals surface area contributed by atoms with Crippen LogP contribution in [0.5, 0.6) is 0 Å². The van der Waals surface area contributed by atoms with E-state index in [-0.39, 0.29) is 24.1 Å². The third-order valence-corrected chi connectivity index (χ3v) is 6.07. The molecule has 0 saturated carbocycles. The maximum Gasteiger partial charge on any atom is 0.273 e. The van der Waals surface area contributed by atoms with E-state index in [1.54, 1.807) is 29.4 Å². The lowest BCUT2D eigenvalue weighted by Crippen LogP contribution is -2.42. The quantitative estimate of drug-likeness (QED) is 0.704. The van der Waals surface area contributed by atoms with Crippen molar-refractivity contribution >= 4 is 17.5 Å². The van der Waals surface area contributed by atoms with Crippen LogP contribution in [0.1, 0.15) is 39.6 Å². The van der Waals surface area contributed by atoms with Gasteiger partial charge in [0, 0.05) is 30.8 Å². The molecule has 4 heterocycles. The molecule has 2 aliphatic heterocycles. The summed E-state index contributed by atoms with van der Waals surface area (Å²) < 4.78 is 0. The van der Waals surface area contributed by atoms with Gasteiger partial charge in [0.1, 0.15) is 11.1 Å². The summed E-state index contributed by atoms with van der Waals surface area (Å²) >= 11 is 0. The Morgan fingerprint density at radius 3 is 2.87 bits per heavy atom. The molecule has 1 spiro atoms. The normalized spacial score (nSPS) is 22.2. The molecule has 5 rings (SSSR count). The zero-order chi connectivity index (χ0) is 20.7. The number of anilines is 1. The number of hydrogen-bond acceptors (Lipinski definition) is 5. The van der Waals surface area contributed by atoms with Gasteiger partial charge in [0.05, 0.1) is 12.6 Å². The molecule has 150 valence electrons. The number of pyridine rings is 2. The van der Waals surface area contributed by atoms with E-state index in [1.807, 2.05) is 36.4 Å². The number of nitrogens with one attached hydrogen (secondary N) is 1. The zero-order valence-corrected chi connectivity index (χ0v) is 16.2. The summed E-state index contributed by atoms with van der Waals surface area (Å²) in [6.07, 6.45) is 5.40. The van der Waals surface area contributed by atoms with Gasteiger partial charge in [-0.1, -0.05) is 24.3 Å². The summed E-state index contributed by atoms with van der Waals surface area (Å²) in [5.74, 6) is -0.377. The number of fused-ring (bicyclic) bond motifs is 2. The largest absolute Gasteiger partial charge is 0.392 e. The van der Waals surface area contributed by atoms with Crippen molar-refractivity contribution in [1.29, 1.82) is 0 Å². The van der Waals surface area contributed by atoms with Crippen molar-refractivity contribution in [2.24, 2.45) is 0 Å². The average molecular weight is 400 g/mol. The smallest absolute Gasteiger partial charge is 0.273 e. The van der Waals surface area contributed by atoms with Crippen molar-refractivity contribution in [3.63, 3.8) is 0 Å². The monoisotopic (exact) mass is 400 g/mol. The van der Waals surface area contributed by atoms with Gasteiger partial charge in [0.25, 0.3) is 5.91 Å². The van der Waals surface area contributed by atoms with Gasteiger partial charge in [-0.25, -0.2) is 0 Å². The van der Waals surface area contributed by atoms with Gasteiger partial charge in [-0.15, -0.1) is 0 Å². The summed E-state index contributed by atoms with van der Waals surface area (Å²) in [5.41, 5.74) is 2.46. The zero-order valence-electron chi connectivity index (χ0n) is 16.2. The van der Waals surface area contributed by atoms with Crippen molar-refractivity contribution < 1.29 is 14.7 Å². The van der Waals surface area contributed by atoms with Crippen LogP contribution >= 0.6 is 0 Å². The summed E-state index contributed by atoms with van der Waals surface area (Å²) in [7, 11) is 0. The number of benzene rings is 1. The lowest BCUT2D eigenvalue weighted by atomic mass is 9.73. The van der Waals surface area contributed by atoms with Gasteiger partial charge in [0.15, 0.2) is 0 Å². The highest BCUT2D eigenvalue weighted by atomic mass is 16.3. The van der Waals surface area contributed by atoms with E-state index in [4.69, 9.17) is 0 Å². The fourth-order valence-corrected chi connectivity index (χ4v) is 4.74. The van der Waals surface area contributed by atoms with E-state index in [2.05, 4.69) is 15.3 Å². The number of rotatable bonds is 3. The number of para-hydroxylation sites is 1. The Bertz CT molecular complexity index is 1130. The van der Waals surface area contributed by atoms with Gasteiger partial charge < -0.3 is 15.3 Å². The highest BCUT2D eigenvalue weighted by Gasteiger charge is 2.59. The summed E-state index contributed by atoms with van der Waals surface area (Å²) in [5, 5.41) is 12.4. The van der Waals surface area contributed by atoms with Crippen LogP contribution in [0, 0.1) is 0 Å². The predicted octanol–water partition coefficient (Wildman–Crippen LogP) is 2.45. The number of aromatic nitrogens is 2. The van der Waals surface area contributed by atoms with Gasteiger partial charge in [-0.3, -0.25) is 19.6 Å². The maximum atomic E-state index is 13.5. The number of hydrogen-bond donors (Lipinski definition) is 2. The van der Waals surface area contributed by atoms with Gasteiger partial charge in [0.2, 0.25) is 5.91 Å². The van der Waals surface area contributed by atoms with Crippen LogP contribution in [0.15, 0.2) is 67.1 Å². The van der Waals surface area contributed by atoms with Crippen LogP contribution in [-0.2, 0) is 16.8 Å². The Balaban J connectivity index is 1.65. The van der Waals surface area contributed by atoms with Crippen LogP contribution in [0.3, 0.4) is 0 Å². The van der Waals surface area contributed by atoms with Crippen LogP contribution in [-0.4, -0.2) is 38.3 Å². The summed E-state index contributed by atoms with van der Waals surface area (Å²) in [6.45, 7) is 0.236. The molecule has 1 aromatic carbocycles. The Kier molecular flexibility index (Phi) is 4.33. The van der Waals surface area contributed by atoms with Crippen LogP contribution in [0.25, 0.3) is 0 Å². The molecule has 2 N–H and O–H groups in total. The molecule has 30 heavy (non-hydrogen) atoms. The summed E-state index contributed by atoms with van der Waals surface area (Å²) in [6, 6.07) is 14.1. The first-order valence-corrected chi connectivity index (χ1v) is 9.83. The number of aliphatic hydroxyl groups excluding tert-OH is 1. The van der Waals surface area contributed by atoms with E-state index in [9.17, 15) is 14.7 Å². The van der Waals surface area contributed by atoms with Gasteiger partial charge >= 0.3 is 0 Å². The van der Waals surface area contributed by atoms with Gasteiger partial charge in [-0.05, 0) is 47.4 Å². The standard InChI is InChI=1S/C23H20N4O3/c28-14-15-7-10-25-19(12-15)21(29)27-11-8-23(20(27)16-4-3-9-24-13-16)17-5-1-2-6-18(17)26-22(23)30/h1-7,9-10,12-13,20,28H,8,11,14H2,(H,26,30). The fourth-order valence-electron chi connectivity index (χ4n) is 4.74. The molecule has 1 fully saturated rings. The Morgan fingerprint density at radius 2 is 2.07 bits per heavy atom. The molecule has 7 nitrogen and oxygen atoms in total. The molecule has 3 aromatic rings. The van der Waals surface area contributed by atoms with E-state index in [1.165, 1.54) is 6.20 Å². The molecule has 0 radical (unpaired) electrons. The number of likely N-dealkylation sites (tertiary alicyclic amines) is 1. The number of amides is 2. The number of nitrogens with zero attached hydrogens (tertiary/aromatic N) is 3. The first-order valence-electron chi connectivity index (χ1n) is 9.83. The van der Waals surface area contributed by atoms with Crippen LogP contribution < -0.4 is 5.32 Å². The predicted molar refractivity (Wildman–Crippen MR) is 110 cm³/mol. The number of aliphatic hydroxyl groups is 1. The average Bonchev–Trinajstić information content (AvgIpc) is 3.33. The summed E-state index contributed by atoms with van der Waals surface area (Å²) in [4.78, 5) is 37.0. The van der Waals surface area contributed by atoms with Crippen molar-refractivity contribution in [2.45, 2.75) is 24.5 Å². The Morgan fingerprint density at radius 1 is 1.20 bits per heavy atom. The van der Waals surface area contributed by atoms with E-state index in [0.29, 0.717) is 18.5 Å². The van der Waals surface area contributed by atoms with Crippen molar-refractivity contribution in [3.05, 3.63) is 89.5 Å². The second kappa shape index (κ2) is 7.03. The molecule has 2 unspecified atom stereocenters. The first kappa shape index (κ1) is 18.4. The SMILES string of the molecule is O=C(c1cc(CO)ccn1)N1CCC2(C(=O)Nc3ccccc32)C1c1cccnc1. The molecular formula is C23H20N4O3. The lowest BCUT2D eigenvalue weighted by molar-refractivity contribution is -0.121. The van der Waals surface area contributed by atoms with E-state index < -0.39 is 11.5 Å². The highest BCUT2D eigenvalue weighted by Crippen LogP contribution is 2.54. The fraction of sp³-hybridized carbons (Fsp3) is 0.217. The van der Waals surface area contributed by atoms with Crippen molar-refractivity contribution in [2.75, 3.05) is 11.9 Å². The second-order valence-corrected chi connectivity index (χ2v) is 7.62. The van der Waals surface area contributed by atoms with Crippen molar-refractivity contribution in [3.8, 4) is 0 Å². The molecule has 2 aliphatic rings. The topological polar surface area (TPSA) is 95.4 Å². The number of carbonyl (C=O) groups excluding carboxylic acids is 2. The van der Waals surface area contributed by atoms with E-state index >= 15 is 0 Å². The molecule has 2 aromatic heterocycles. The minimum absolute atomic E-state index is 0.107. The molecule has 7 heteroatoms. The van der Waals surface area contributed by atoms with Crippen LogP contribution in [0.2, 0.25) is 0 Å². The van der Waals surface area contributed by atoms with Crippen molar-refractivity contribution in [1.82, 2.24) is 14.9 Å². The van der Waals surface area contributed by atoms with Gasteiger partial charge in [-0.2, -0.15) is 0 Å². The minimum Gasteiger partial charge on any atom is -0.392 e. The third kappa shape index (κ3) is 2.63. The molecular weight excluding hydrogens is 380 g/mol. The second-order valence-electron chi connectivity index (χ2n) is 7.62. The molecule has 2 atom stereocenters. The molecule has 0 bridgehead atoms. The molecule has 1 saturated heterocycles. The molecule has 0 aliphatic carbocycles. The first-order chi connectivity index (χ1) is 14.6. The lowest BCUT2D eigenvalue weighted by Gasteiger charge is -2.34. The minimum atomic E-state index is -0.885. The highest BCUT2D eigenvalue weighted by molar-refractivity contribution is 6.08.